The largest absolute Gasteiger partial charge is 0.479 e. The Labute approximate surface area is 129 Å². The van der Waals surface area contributed by atoms with Crippen LogP contribution >= 0.6 is 0 Å². The molecule has 0 aromatic rings. The molecule has 0 atom stereocenters. The molecule has 0 radical (unpaired) electrons. The highest BCUT2D eigenvalue weighted by Crippen LogP contribution is 1.95. The molecule has 114 valence electrons. The van der Waals surface area contributed by atoms with Crippen molar-refractivity contribution in [1.29, 1.82) is 0 Å². The van der Waals surface area contributed by atoms with Crippen LogP contribution in [0.4, 0.5) is 0 Å². The lowest BCUT2D eigenvalue weighted by Crippen LogP contribution is -2.12. The summed E-state index contributed by atoms with van der Waals surface area (Å²) in [7, 11) is 0. The third kappa shape index (κ3) is 8.87. The third-order valence-electron chi connectivity index (χ3n) is 2.09. The van der Waals surface area contributed by atoms with Crippen LogP contribution in [-0.2, 0) is 14.3 Å². The molecule has 0 fully saturated rings. The highest BCUT2D eigenvalue weighted by atomic mass is 16.5. The van der Waals surface area contributed by atoms with Gasteiger partial charge in [-0.1, -0.05) is 30.4 Å². The van der Waals surface area contributed by atoms with Gasteiger partial charge in [-0.25, -0.2) is 4.99 Å². The third-order valence-corrected chi connectivity index (χ3v) is 2.09. The Morgan fingerprint density at radius 3 is 2.59 bits per heavy atom. The van der Waals surface area contributed by atoms with E-state index in [0.29, 0.717) is 6.61 Å². The van der Waals surface area contributed by atoms with E-state index >= 15 is 0 Å². The Balaban J connectivity index is 2.77. The van der Waals surface area contributed by atoms with Crippen molar-refractivity contribution in [3.8, 4) is 0 Å². The normalized spacial score (nSPS) is 23.4. The second-order valence-corrected chi connectivity index (χ2v) is 3.74. The molecule has 6 heteroatoms. The molecule has 1 amide bonds. The molecule has 0 bridgehead atoms. The van der Waals surface area contributed by atoms with Crippen molar-refractivity contribution in [2.75, 3.05) is 6.61 Å². The second-order valence-electron chi connectivity index (χ2n) is 3.74. The van der Waals surface area contributed by atoms with Crippen LogP contribution in [0.3, 0.4) is 0 Å². The fourth-order valence-corrected chi connectivity index (χ4v) is 1.12. The average molecular weight is 299 g/mol. The molecule has 0 saturated carbocycles. The van der Waals surface area contributed by atoms with Crippen molar-refractivity contribution >= 4 is 18.5 Å². The average Bonchev–Trinajstić information content (AvgIpc) is 2.50. The predicted molar refractivity (Wildman–Crippen MR) is 87.0 cm³/mol. The fraction of sp³-hybridized carbons (Fsp3) is 0.0625. The van der Waals surface area contributed by atoms with E-state index in [1.54, 1.807) is 18.2 Å². The summed E-state index contributed by atoms with van der Waals surface area (Å²) in [5.74, 6) is -0.699. The summed E-state index contributed by atoms with van der Waals surface area (Å²) in [6.45, 7) is 0.323. The van der Waals surface area contributed by atoms with Gasteiger partial charge in [0.25, 0.3) is 5.91 Å². The van der Waals surface area contributed by atoms with Crippen LogP contribution in [0.15, 0.2) is 83.0 Å². The van der Waals surface area contributed by atoms with Crippen molar-refractivity contribution in [1.82, 2.24) is 0 Å². The Bertz CT molecular complexity index is 579. The predicted octanol–water partition coefficient (Wildman–Crippen LogP) is 2.16. The molecule has 0 spiro atoms. The first-order valence-electron chi connectivity index (χ1n) is 6.43. The van der Waals surface area contributed by atoms with E-state index in [1.165, 1.54) is 24.9 Å². The highest BCUT2D eigenvalue weighted by Gasteiger charge is 2.00. The number of carbonyl (C=O) groups is 1. The molecular formula is C16H17N3O3. The van der Waals surface area contributed by atoms with Crippen LogP contribution in [0.1, 0.15) is 0 Å². The molecule has 6 nitrogen and oxygen atoms in total. The minimum Gasteiger partial charge on any atom is -0.479 e. The molecule has 0 aromatic carbocycles. The van der Waals surface area contributed by atoms with Gasteiger partial charge in [-0.3, -0.25) is 9.79 Å². The second kappa shape index (κ2) is 11.7. The summed E-state index contributed by atoms with van der Waals surface area (Å²) in [5.41, 5.74) is 5.16. The Morgan fingerprint density at radius 2 is 1.77 bits per heavy atom. The standard InChI is InChI=1S/C16H17N3O3/c17-16(20)15-13-18-9-8-12-21-10-6-4-2-1-3-5-7-11-22-14-19-15/h1-10,12-14H,11H2,(H2,17,20)/b3-1+,4-2-,7-5+,10-6+,12-8-,15-13?,18-9?,19-14?. The lowest BCUT2D eigenvalue weighted by atomic mass is 10.4. The van der Waals surface area contributed by atoms with Gasteiger partial charge in [-0.05, 0) is 18.2 Å². The number of ether oxygens (including phenoxy) is 2. The van der Waals surface area contributed by atoms with E-state index in [2.05, 4.69) is 9.98 Å². The van der Waals surface area contributed by atoms with Gasteiger partial charge in [0, 0.05) is 6.21 Å². The first-order chi connectivity index (χ1) is 10.8. The molecule has 2 N–H and O–H groups in total. The molecule has 1 heterocycles. The summed E-state index contributed by atoms with van der Waals surface area (Å²) in [6.07, 6.45) is 21.1. The molecule has 1 aliphatic rings. The fourth-order valence-electron chi connectivity index (χ4n) is 1.12. The van der Waals surface area contributed by atoms with Gasteiger partial charge in [0.05, 0.1) is 18.7 Å². The molecule has 0 aliphatic carbocycles. The first kappa shape index (κ1) is 16.9. The van der Waals surface area contributed by atoms with Crippen LogP contribution in [0, 0.1) is 0 Å². The number of hydrogen-bond acceptors (Lipinski definition) is 5. The van der Waals surface area contributed by atoms with Crippen molar-refractivity contribution in [3.05, 3.63) is 73.0 Å². The number of allylic oxidation sites excluding steroid dienone is 7. The maximum absolute atomic E-state index is 11.1. The number of rotatable bonds is 1. The lowest BCUT2D eigenvalue weighted by molar-refractivity contribution is -0.114. The molecule has 0 saturated heterocycles. The lowest BCUT2D eigenvalue weighted by Gasteiger charge is -1.95. The molecule has 1 aliphatic heterocycles. The maximum Gasteiger partial charge on any atom is 0.269 e. The van der Waals surface area contributed by atoms with Gasteiger partial charge in [-0.15, -0.1) is 0 Å². The van der Waals surface area contributed by atoms with Crippen LogP contribution in [-0.4, -0.2) is 25.1 Å². The zero-order chi connectivity index (χ0) is 15.9. The summed E-state index contributed by atoms with van der Waals surface area (Å²) < 4.78 is 10.2. The molecule has 0 aromatic heterocycles. The van der Waals surface area contributed by atoms with Gasteiger partial charge in [0.2, 0.25) is 0 Å². The zero-order valence-corrected chi connectivity index (χ0v) is 11.9. The molecule has 1 rings (SSSR count). The van der Waals surface area contributed by atoms with E-state index in [-0.39, 0.29) is 5.70 Å². The number of nitrogens with zero attached hydrogens (tertiary/aromatic N) is 2. The summed E-state index contributed by atoms with van der Waals surface area (Å²) in [6, 6.07) is 0. The van der Waals surface area contributed by atoms with E-state index in [0.717, 1.165) is 6.40 Å². The molecule has 0 unspecified atom stereocenters. The van der Waals surface area contributed by atoms with E-state index < -0.39 is 5.91 Å². The van der Waals surface area contributed by atoms with Gasteiger partial charge >= 0.3 is 0 Å². The Morgan fingerprint density at radius 1 is 1.05 bits per heavy atom. The SMILES string of the molecule is NC(=O)C1=CN=C/C=C\O/C=C/C=C\C=C\C=C\COC=N1. The van der Waals surface area contributed by atoms with E-state index in [9.17, 15) is 4.79 Å². The monoisotopic (exact) mass is 299 g/mol. The van der Waals surface area contributed by atoms with Crippen LogP contribution < -0.4 is 5.73 Å². The number of nitrogens with two attached hydrogens (primary N) is 1. The van der Waals surface area contributed by atoms with Gasteiger partial charge in [0.1, 0.15) is 12.3 Å². The number of aliphatic imine (C=N–C) groups is 2. The highest BCUT2D eigenvalue weighted by molar-refractivity contribution is 5.92. The van der Waals surface area contributed by atoms with Crippen molar-refractivity contribution in [3.63, 3.8) is 0 Å². The van der Waals surface area contributed by atoms with Gasteiger partial charge in [0.15, 0.2) is 6.40 Å². The van der Waals surface area contributed by atoms with Gasteiger partial charge in [-0.2, -0.15) is 0 Å². The molecule has 22 heavy (non-hydrogen) atoms. The topological polar surface area (TPSA) is 86.3 Å². The summed E-state index contributed by atoms with van der Waals surface area (Å²) in [4.78, 5) is 18.8. The minimum absolute atomic E-state index is 0.0172. The van der Waals surface area contributed by atoms with Gasteiger partial charge < -0.3 is 15.2 Å². The maximum atomic E-state index is 11.1. The van der Waals surface area contributed by atoms with Crippen molar-refractivity contribution in [2.45, 2.75) is 0 Å². The minimum atomic E-state index is -0.699. The van der Waals surface area contributed by atoms with E-state index in [4.69, 9.17) is 15.2 Å². The Hall–Kier alpha value is -3.15. The zero-order valence-electron chi connectivity index (χ0n) is 11.9. The van der Waals surface area contributed by atoms with E-state index in [1.807, 2.05) is 30.4 Å². The smallest absolute Gasteiger partial charge is 0.269 e. The molecular weight excluding hydrogens is 282 g/mol. The summed E-state index contributed by atoms with van der Waals surface area (Å²) in [5, 5.41) is 0. The number of primary amides is 1. The van der Waals surface area contributed by atoms with Crippen LogP contribution in [0.5, 0.6) is 0 Å². The Kier molecular flexibility index (Phi) is 8.96. The van der Waals surface area contributed by atoms with Crippen LogP contribution in [0.2, 0.25) is 0 Å². The number of amides is 1. The first-order valence-corrected chi connectivity index (χ1v) is 6.43. The number of hydrogen-bond donors (Lipinski definition) is 1. The number of carbonyl (C=O) groups excluding carboxylic acids is 1. The van der Waals surface area contributed by atoms with Crippen LogP contribution in [0.25, 0.3) is 0 Å². The summed E-state index contributed by atoms with van der Waals surface area (Å²) >= 11 is 0. The van der Waals surface area contributed by atoms with Crippen molar-refractivity contribution in [2.24, 2.45) is 15.7 Å². The quantitative estimate of drug-likeness (QED) is 0.805. The van der Waals surface area contributed by atoms with Crippen molar-refractivity contribution < 1.29 is 14.3 Å².